The van der Waals surface area contributed by atoms with Crippen molar-refractivity contribution in [3.05, 3.63) is 60.7 Å². The summed E-state index contributed by atoms with van der Waals surface area (Å²) in [5, 5.41) is 2.21. The Morgan fingerprint density at radius 2 is 1.28 bits per heavy atom. The first-order valence-electron chi connectivity index (χ1n) is 10.9. The first-order chi connectivity index (χ1) is 14.3. The van der Waals surface area contributed by atoms with Crippen molar-refractivity contribution < 1.29 is 14.2 Å². The van der Waals surface area contributed by atoms with E-state index in [9.17, 15) is 0 Å². The molecule has 0 aliphatic carbocycles. The second-order valence-electron chi connectivity index (χ2n) is 7.33. The maximum absolute atomic E-state index is 6.16. The van der Waals surface area contributed by atoms with Gasteiger partial charge in [-0.2, -0.15) is 0 Å². The summed E-state index contributed by atoms with van der Waals surface area (Å²) in [5.74, 6) is 3.23. The normalized spacial score (nSPS) is 10.8. The SMILES string of the molecule is CCCCCOc1ccc2cc(OCCCCC)c(Oc3ccccc3)cc2c1. The maximum atomic E-state index is 6.16. The van der Waals surface area contributed by atoms with Crippen LogP contribution in [0.1, 0.15) is 52.4 Å². The molecule has 3 heteroatoms. The monoisotopic (exact) mass is 392 g/mol. The van der Waals surface area contributed by atoms with E-state index < -0.39 is 0 Å². The number of rotatable bonds is 12. The molecule has 29 heavy (non-hydrogen) atoms. The Kier molecular flexibility index (Phi) is 8.24. The molecular formula is C26H32O3. The minimum Gasteiger partial charge on any atom is -0.494 e. The number of unbranched alkanes of at least 4 members (excludes halogenated alkanes) is 4. The van der Waals surface area contributed by atoms with Crippen LogP contribution in [0.2, 0.25) is 0 Å². The lowest BCUT2D eigenvalue weighted by molar-refractivity contribution is 0.293. The molecule has 0 N–H and O–H groups in total. The average molecular weight is 393 g/mol. The van der Waals surface area contributed by atoms with Crippen LogP contribution in [-0.4, -0.2) is 13.2 Å². The molecule has 0 bridgehead atoms. The van der Waals surface area contributed by atoms with Gasteiger partial charge < -0.3 is 14.2 Å². The van der Waals surface area contributed by atoms with Gasteiger partial charge in [0.25, 0.3) is 0 Å². The largest absolute Gasteiger partial charge is 0.494 e. The molecule has 0 aliphatic rings. The van der Waals surface area contributed by atoms with Gasteiger partial charge in [-0.1, -0.05) is 63.8 Å². The van der Waals surface area contributed by atoms with Gasteiger partial charge in [-0.05, 0) is 60.0 Å². The first kappa shape index (κ1) is 21.0. The molecule has 0 saturated carbocycles. The smallest absolute Gasteiger partial charge is 0.169 e. The van der Waals surface area contributed by atoms with Gasteiger partial charge in [0.15, 0.2) is 11.5 Å². The van der Waals surface area contributed by atoms with E-state index in [0.29, 0.717) is 6.61 Å². The molecule has 0 aromatic heterocycles. The van der Waals surface area contributed by atoms with Crippen molar-refractivity contribution in [3.63, 3.8) is 0 Å². The molecule has 0 fully saturated rings. The minimum absolute atomic E-state index is 0.698. The van der Waals surface area contributed by atoms with Crippen LogP contribution in [0.4, 0.5) is 0 Å². The van der Waals surface area contributed by atoms with Gasteiger partial charge in [-0.15, -0.1) is 0 Å². The second-order valence-corrected chi connectivity index (χ2v) is 7.33. The Morgan fingerprint density at radius 3 is 2.00 bits per heavy atom. The highest BCUT2D eigenvalue weighted by Crippen LogP contribution is 2.37. The molecule has 0 saturated heterocycles. The van der Waals surface area contributed by atoms with E-state index in [0.717, 1.165) is 53.2 Å². The summed E-state index contributed by atoms with van der Waals surface area (Å²) >= 11 is 0. The van der Waals surface area contributed by atoms with Crippen LogP contribution >= 0.6 is 0 Å². The topological polar surface area (TPSA) is 27.7 Å². The molecule has 3 aromatic rings. The van der Waals surface area contributed by atoms with E-state index in [4.69, 9.17) is 14.2 Å². The average Bonchev–Trinajstić information content (AvgIpc) is 2.75. The third kappa shape index (κ3) is 6.42. The number of ether oxygens (including phenoxy) is 3. The van der Waals surface area contributed by atoms with Gasteiger partial charge in [-0.25, -0.2) is 0 Å². The Morgan fingerprint density at radius 1 is 0.586 bits per heavy atom. The van der Waals surface area contributed by atoms with Crippen molar-refractivity contribution in [2.45, 2.75) is 52.4 Å². The van der Waals surface area contributed by atoms with Gasteiger partial charge in [0.1, 0.15) is 11.5 Å². The maximum Gasteiger partial charge on any atom is 0.169 e. The lowest BCUT2D eigenvalue weighted by Crippen LogP contribution is -2.00. The fourth-order valence-corrected chi connectivity index (χ4v) is 3.21. The van der Waals surface area contributed by atoms with Gasteiger partial charge in [-0.3, -0.25) is 0 Å². The Balaban J connectivity index is 1.83. The zero-order valence-corrected chi connectivity index (χ0v) is 17.7. The number of para-hydroxylation sites is 1. The molecular weight excluding hydrogens is 360 g/mol. The number of hydrogen-bond donors (Lipinski definition) is 0. The fraction of sp³-hybridized carbons (Fsp3) is 0.385. The second kappa shape index (κ2) is 11.4. The van der Waals surface area contributed by atoms with Crippen LogP contribution < -0.4 is 14.2 Å². The first-order valence-corrected chi connectivity index (χ1v) is 10.9. The van der Waals surface area contributed by atoms with Crippen LogP contribution in [0, 0.1) is 0 Å². The Labute approximate surface area is 174 Å². The molecule has 0 amide bonds. The van der Waals surface area contributed by atoms with Crippen molar-refractivity contribution in [3.8, 4) is 23.0 Å². The van der Waals surface area contributed by atoms with E-state index in [1.165, 1.54) is 25.7 Å². The predicted molar refractivity (Wildman–Crippen MR) is 121 cm³/mol. The molecule has 0 unspecified atom stereocenters. The highest BCUT2D eigenvalue weighted by Gasteiger charge is 2.10. The van der Waals surface area contributed by atoms with Gasteiger partial charge in [0.2, 0.25) is 0 Å². The lowest BCUT2D eigenvalue weighted by atomic mass is 10.1. The third-order valence-electron chi connectivity index (χ3n) is 4.87. The van der Waals surface area contributed by atoms with Gasteiger partial charge in [0.05, 0.1) is 13.2 Å². The molecule has 0 spiro atoms. The standard InChI is InChI=1S/C26H32O3/c1-3-5-10-16-27-24-15-14-21-19-25(28-17-11-6-4-2)26(20-22(21)18-24)29-23-12-8-7-9-13-23/h7-9,12-15,18-20H,3-6,10-11,16-17H2,1-2H3. The van der Waals surface area contributed by atoms with E-state index in [2.05, 4.69) is 38.1 Å². The van der Waals surface area contributed by atoms with Crippen LogP contribution in [0.5, 0.6) is 23.0 Å². The lowest BCUT2D eigenvalue weighted by Gasteiger charge is -2.15. The van der Waals surface area contributed by atoms with E-state index >= 15 is 0 Å². The number of hydrogen-bond acceptors (Lipinski definition) is 3. The van der Waals surface area contributed by atoms with Crippen LogP contribution in [0.25, 0.3) is 10.8 Å². The molecule has 0 radical (unpaired) electrons. The highest BCUT2D eigenvalue weighted by molar-refractivity contribution is 5.87. The zero-order chi connectivity index (χ0) is 20.3. The predicted octanol–water partition coefficient (Wildman–Crippen LogP) is 7.77. The van der Waals surface area contributed by atoms with Crippen LogP contribution in [0.3, 0.4) is 0 Å². The summed E-state index contributed by atoms with van der Waals surface area (Å²) in [6.45, 7) is 5.85. The molecule has 0 atom stereocenters. The van der Waals surface area contributed by atoms with Crippen molar-refractivity contribution in [1.82, 2.24) is 0 Å². The molecule has 3 nitrogen and oxygen atoms in total. The molecule has 3 aromatic carbocycles. The molecule has 0 aliphatic heterocycles. The highest BCUT2D eigenvalue weighted by atomic mass is 16.5. The summed E-state index contributed by atoms with van der Waals surface area (Å²) in [5.41, 5.74) is 0. The van der Waals surface area contributed by atoms with Crippen molar-refractivity contribution >= 4 is 10.8 Å². The number of fused-ring (bicyclic) bond motifs is 1. The minimum atomic E-state index is 0.698. The number of benzene rings is 3. The van der Waals surface area contributed by atoms with Crippen LogP contribution in [0.15, 0.2) is 60.7 Å². The van der Waals surface area contributed by atoms with E-state index in [1.54, 1.807) is 0 Å². The van der Waals surface area contributed by atoms with Crippen LogP contribution in [-0.2, 0) is 0 Å². The summed E-state index contributed by atoms with van der Waals surface area (Å²) in [7, 11) is 0. The molecule has 3 rings (SSSR count). The van der Waals surface area contributed by atoms with Gasteiger partial charge >= 0.3 is 0 Å². The Hall–Kier alpha value is -2.68. The zero-order valence-electron chi connectivity index (χ0n) is 17.7. The van der Waals surface area contributed by atoms with E-state index in [-0.39, 0.29) is 0 Å². The van der Waals surface area contributed by atoms with Gasteiger partial charge in [0, 0.05) is 0 Å². The summed E-state index contributed by atoms with van der Waals surface area (Å²) in [4.78, 5) is 0. The van der Waals surface area contributed by atoms with E-state index in [1.807, 2.05) is 36.4 Å². The van der Waals surface area contributed by atoms with Crippen molar-refractivity contribution in [1.29, 1.82) is 0 Å². The van der Waals surface area contributed by atoms with Crippen molar-refractivity contribution in [2.75, 3.05) is 13.2 Å². The fourth-order valence-electron chi connectivity index (χ4n) is 3.21. The van der Waals surface area contributed by atoms with Crippen molar-refractivity contribution in [2.24, 2.45) is 0 Å². The third-order valence-corrected chi connectivity index (χ3v) is 4.87. The summed E-state index contributed by atoms with van der Waals surface area (Å²) in [6, 6.07) is 20.2. The summed E-state index contributed by atoms with van der Waals surface area (Å²) < 4.78 is 18.2. The Bertz CT molecular complexity index is 874. The quantitative estimate of drug-likeness (QED) is 0.295. The molecule has 0 heterocycles. The molecule has 154 valence electrons. The summed E-state index contributed by atoms with van der Waals surface area (Å²) in [6.07, 6.45) is 6.87.